The van der Waals surface area contributed by atoms with E-state index in [-0.39, 0.29) is 23.2 Å². The molecule has 0 unspecified atom stereocenters. The summed E-state index contributed by atoms with van der Waals surface area (Å²) in [6.45, 7) is 0.781. The molecule has 0 bridgehead atoms. The Labute approximate surface area is 116 Å². The third kappa shape index (κ3) is 3.33. The van der Waals surface area contributed by atoms with E-state index in [4.69, 9.17) is 0 Å². The smallest absolute Gasteiger partial charge is 0.337 e. The van der Waals surface area contributed by atoms with Crippen molar-refractivity contribution in [1.29, 1.82) is 0 Å². The zero-order valence-corrected chi connectivity index (χ0v) is 11.2. The number of ether oxygens (including phenoxy) is 1. The maximum Gasteiger partial charge on any atom is 0.337 e. The fourth-order valence-electron chi connectivity index (χ4n) is 2.16. The summed E-state index contributed by atoms with van der Waals surface area (Å²) in [5.41, 5.74) is 0.186. The molecule has 0 aromatic heterocycles. The maximum atomic E-state index is 13.7. The number of methoxy groups -OCH3 is 1. The van der Waals surface area contributed by atoms with Gasteiger partial charge in [-0.1, -0.05) is 6.42 Å². The Morgan fingerprint density at radius 3 is 2.85 bits per heavy atom. The van der Waals surface area contributed by atoms with Gasteiger partial charge in [0.1, 0.15) is 5.82 Å². The van der Waals surface area contributed by atoms with Gasteiger partial charge in [-0.2, -0.15) is 0 Å². The van der Waals surface area contributed by atoms with E-state index in [1.165, 1.54) is 19.2 Å². The number of amides is 1. The highest BCUT2D eigenvalue weighted by Crippen LogP contribution is 2.18. The molecule has 0 spiro atoms. The first-order chi connectivity index (χ1) is 9.61. The van der Waals surface area contributed by atoms with Crippen LogP contribution in [0.3, 0.4) is 0 Å². The molecule has 1 amide bonds. The molecule has 108 valence electrons. The summed E-state index contributed by atoms with van der Waals surface area (Å²) >= 11 is 0. The third-order valence-corrected chi connectivity index (χ3v) is 3.27. The second-order valence-corrected chi connectivity index (χ2v) is 4.68. The molecular weight excluding hydrogens is 263 g/mol. The van der Waals surface area contributed by atoms with Crippen molar-refractivity contribution in [2.45, 2.75) is 25.3 Å². The SMILES string of the molecule is COC(=O)c1ccc(F)c(NC(=O)[C@@H]2CCCCN2)c1. The number of benzene rings is 1. The first kappa shape index (κ1) is 14.5. The van der Waals surface area contributed by atoms with Crippen LogP contribution in [0.15, 0.2) is 18.2 Å². The Balaban J connectivity index is 2.11. The van der Waals surface area contributed by atoms with Crippen LogP contribution in [-0.4, -0.2) is 31.6 Å². The van der Waals surface area contributed by atoms with E-state index in [0.717, 1.165) is 31.9 Å². The maximum absolute atomic E-state index is 13.7. The summed E-state index contributed by atoms with van der Waals surface area (Å²) < 4.78 is 18.2. The number of halogens is 1. The minimum Gasteiger partial charge on any atom is -0.465 e. The Morgan fingerprint density at radius 2 is 2.20 bits per heavy atom. The highest BCUT2D eigenvalue weighted by atomic mass is 19.1. The van der Waals surface area contributed by atoms with Gasteiger partial charge in [-0.25, -0.2) is 9.18 Å². The van der Waals surface area contributed by atoms with E-state index in [0.29, 0.717) is 0 Å². The molecule has 2 N–H and O–H groups in total. The standard InChI is InChI=1S/C14H17FN2O3/c1-20-14(19)9-5-6-10(15)12(8-9)17-13(18)11-4-2-3-7-16-11/h5-6,8,11,16H,2-4,7H2,1H3,(H,17,18)/t11-/m0/s1. The number of anilines is 1. The molecule has 1 heterocycles. The largest absolute Gasteiger partial charge is 0.465 e. The van der Waals surface area contributed by atoms with Crippen molar-refractivity contribution in [2.75, 3.05) is 19.0 Å². The number of piperidine rings is 1. The minimum atomic E-state index is -0.582. The van der Waals surface area contributed by atoms with Crippen molar-refractivity contribution in [2.24, 2.45) is 0 Å². The molecule has 1 atom stereocenters. The number of hydrogen-bond donors (Lipinski definition) is 2. The lowest BCUT2D eigenvalue weighted by molar-refractivity contribution is -0.118. The zero-order valence-electron chi connectivity index (χ0n) is 11.2. The minimum absolute atomic E-state index is 0.00901. The fraction of sp³-hybridized carbons (Fsp3) is 0.429. The van der Waals surface area contributed by atoms with Crippen molar-refractivity contribution in [1.82, 2.24) is 5.32 Å². The summed E-state index contributed by atoms with van der Waals surface area (Å²) in [7, 11) is 1.25. The lowest BCUT2D eigenvalue weighted by atomic mass is 10.0. The molecule has 20 heavy (non-hydrogen) atoms. The number of carbonyl (C=O) groups excluding carboxylic acids is 2. The van der Waals surface area contributed by atoms with Gasteiger partial charge in [0.15, 0.2) is 0 Å². The van der Waals surface area contributed by atoms with E-state index in [1.807, 2.05) is 0 Å². The number of nitrogens with one attached hydrogen (secondary N) is 2. The quantitative estimate of drug-likeness (QED) is 0.827. The van der Waals surface area contributed by atoms with Crippen LogP contribution in [0.25, 0.3) is 0 Å². The Morgan fingerprint density at radius 1 is 1.40 bits per heavy atom. The third-order valence-electron chi connectivity index (χ3n) is 3.27. The zero-order chi connectivity index (χ0) is 14.5. The molecule has 2 rings (SSSR count). The van der Waals surface area contributed by atoms with Gasteiger partial charge in [0.25, 0.3) is 0 Å². The summed E-state index contributed by atoms with van der Waals surface area (Å²) in [6, 6.07) is 3.42. The second kappa shape index (κ2) is 6.47. The van der Waals surface area contributed by atoms with Crippen LogP contribution in [0.1, 0.15) is 29.6 Å². The number of carbonyl (C=O) groups is 2. The number of rotatable bonds is 3. The molecule has 0 aliphatic carbocycles. The van der Waals surface area contributed by atoms with Crippen molar-refractivity contribution in [3.63, 3.8) is 0 Å². The van der Waals surface area contributed by atoms with Gasteiger partial charge in [0, 0.05) is 0 Å². The van der Waals surface area contributed by atoms with Gasteiger partial charge < -0.3 is 15.4 Å². The first-order valence-electron chi connectivity index (χ1n) is 6.54. The Bertz CT molecular complexity index is 513. The van der Waals surface area contributed by atoms with Crippen LogP contribution in [-0.2, 0) is 9.53 Å². The van der Waals surface area contributed by atoms with Crippen LogP contribution in [0.4, 0.5) is 10.1 Å². The molecule has 0 radical (unpaired) electrons. The van der Waals surface area contributed by atoms with Gasteiger partial charge in [0.05, 0.1) is 24.4 Å². The first-order valence-corrected chi connectivity index (χ1v) is 6.54. The Kier molecular flexibility index (Phi) is 4.68. The van der Waals surface area contributed by atoms with Crippen LogP contribution in [0.2, 0.25) is 0 Å². The Hall–Kier alpha value is -1.95. The summed E-state index contributed by atoms with van der Waals surface area (Å²) in [5, 5.41) is 5.60. The van der Waals surface area contributed by atoms with Crippen molar-refractivity contribution in [3.8, 4) is 0 Å². The van der Waals surface area contributed by atoms with Gasteiger partial charge in [-0.15, -0.1) is 0 Å². The monoisotopic (exact) mass is 280 g/mol. The van der Waals surface area contributed by atoms with E-state index in [2.05, 4.69) is 15.4 Å². The van der Waals surface area contributed by atoms with Crippen LogP contribution in [0, 0.1) is 5.82 Å². The molecule has 0 saturated carbocycles. The number of esters is 1. The van der Waals surface area contributed by atoms with E-state index < -0.39 is 11.8 Å². The van der Waals surface area contributed by atoms with Crippen LogP contribution in [0.5, 0.6) is 0 Å². The summed E-state index contributed by atoms with van der Waals surface area (Å²) in [6.07, 6.45) is 2.73. The number of hydrogen-bond acceptors (Lipinski definition) is 4. The van der Waals surface area contributed by atoms with Crippen LogP contribution < -0.4 is 10.6 Å². The van der Waals surface area contributed by atoms with Gasteiger partial charge >= 0.3 is 5.97 Å². The molecule has 1 fully saturated rings. The highest BCUT2D eigenvalue weighted by Gasteiger charge is 2.21. The normalized spacial score (nSPS) is 18.4. The predicted molar refractivity (Wildman–Crippen MR) is 72.0 cm³/mol. The summed E-state index contributed by atoms with van der Waals surface area (Å²) in [4.78, 5) is 23.4. The molecule has 6 heteroatoms. The van der Waals surface area contributed by atoms with Gasteiger partial charge in [0.2, 0.25) is 5.91 Å². The van der Waals surface area contributed by atoms with Crippen molar-refractivity contribution < 1.29 is 18.7 Å². The second-order valence-electron chi connectivity index (χ2n) is 4.68. The van der Waals surface area contributed by atoms with Crippen molar-refractivity contribution in [3.05, 3.63) is 29.6 Å². The molecule has 1 aliphatic heterocycles. The predicted octanol–water partition coefficient (Wildman–Crippen LogP) is 1.69. The molecule has 5 nitrogen and oxygen atoms in total. The molecule has 1 aromatic rings. The molecule has 1 aromatic carbocycles. The topological polar surface area (TPSA) is 67.4 Å². The molecule has 1 aliphatic rings. The highest BCUT2D eigenvalue weighted by molar-refractivity contribution is 5.97. The van der Waals surface area contributed by atoms with Crippen LogP contribution >= 0.6 is 0 Å². The molecule has 1 saturated heterocycles. The fourth-order valence-corrected chi connectivity index (χ4v) is 2.16. The van der Waals surface area contributed by atoms with E-state index in [9.17, 15) is 14.0 Å². The van der Waals surface area contributed by atoms with Gasteiger partial charge in [-0.05, 0) is 37.6 Å². The lowest BCUT2D eigenvalue weighted by Crippen LogP contribution is -2.43. The van der Waals surface area contributed by atoms with E-state index in [1.54, 1.807) is 0 Å². The van der Waals surface area contributed by atoms with E-state index >= 15 is 0 Å². The average Bonchev–Trinajstić information content (AvgIpc) is 2.49. The van der Waals surface area contributed by atoms with Gasteiger partial charge in [-0.3, -0.25) is 4.79 Å². The lowest BCUT2D eigenvalue weighted by Gasteiger charge is -2.22. The summed E-state index contributed by atoms with van der Waals surface area (Å²) in [5.74, 6) is -1.44. The average molecular weight is 280 g/mol. The van der Waals surface area contributed by atoms with Crippen molar-refractivity contribution >= 4 is 17.6 Å². The molecular formula is C14H17FN2O3.